The molecular formula is C16H26N2. The van der Waals surface area contributed by atoms with Gasteiger partial charge in [0, 0.05) is 13.1 Å². The Bertz CT molecular complexity index is 336. The van der Waals surface area contributed by atoms with Crippen molar-refractivity contribution < 1.29 is 0 Å². The third-order valence-corrected chi connectivity index (χ3v) is 3.93. The van der Waals surface area contributed by atoms with E-state index >= 15 is 0 Å². The van der Waals surface area contributed by atoms with Gasteiger partial charge in [0.1, 0.15) is 0 Å². The van der Waals surface area contributed by atoms with Crippen LogP contribution in [0.5, 0.6) is 0 Å². The lowest BCUT2D eigenvalue weighted by atomic mass is 9.95. The van der Waals surface area contributed by atoms with Crippen molar-refractivity contribution in [3.63, 3.8) is 0 Å². The molecule has 0 spiro atoms. The van der Waals surface area contributed by atoms with Gasteiger partial charge in [-0.1, -0.05) is 37.3 Å². The van der Waals surface area contributed by atoms with Gasteiger partial charge in [0.25, 0.3) is 0 Å². The molecule has 0 bridgehead atoms. The summed E-state index contributed by atoms with van der Waals surface area (Å²) in [5.74, 6) is 1.67. The summed E-state index contributed by atoms with van der Waals surface area (Å²) in [4.78, 5) is 2.63. The molecule has 1 aromatic rings. The highest BCUT2D eigenvalue weighted by Crippen LogP contribution is 2.22. The predicted octanol–water partition coefficient (Wildman–Crippen LogP) is 2.75. The first-order chi connectivity index (χ1) is 8.78. The summed E-state index contributed by atoms with van der Waals surface area (Å²) < 4.78 is 0. The quantitative estimate of drug-likeness (QED) is 0.879. The van der Waals surface area contributed by atoms with Crippen molar-refractivity contribution in [2.24, 2.45) is 11.8 Å². The van der Waals surface area contributed by atoms with E-state index in [0.717, 1.165) is 24.9 Å². The highest BCUT2D eigenvalue weighted by Gasteiger charge is 2.21. The lowest BCUT2D eigenvalue weighted by Crippen LogP contribution is -2.32. The van der Waals surface area contributed by atoms with E-state index in [1.165, 1.54) is 31.5 Å². The number of nitrogens with one attached hydrogen (secondary N) is 1. The van der Waals surface area contributed by atoms with Crippen LogP contribution >= 0.6 is 0 Å². The first kappa shape index (κ1) is 13.6. The zero-order valence-corrected chi connectivity index (χ0v) is 11.7. The third kappa shape index (κ3) is 4.11. The minimum absolute atomic E-state index is 0.802. The largest absolute Gasteiger partial charge is 0.319 e. The van der Waals surface area contributed by atoms with Gasteiger partial charge in [-0.2, -0.15) is 0 Å². The maximum Gasteiger partial charge on any atom is 0.0233 e. The van der Waals surface area contributed by atoms with Crippen LogP contribution in [0.3, 0.4) is 0 Å². The summed E-state index contributed by atoms with van der Waals surface area (Å²) in [5, 5.41) is 3.34. The van der Waals surface area contributed by atoms with Crippen molar-refractivity contribution in [1.29, 1.82) is 0 Å². The van der Waals surface area contributed by atoms with Gasteiger partial charge in [-0.3, -0.25) is 4.90 Å². The molecule has 0 radical (unpaired) electrons. The van der Waals surface area contributed by atoms with E-state index in [9.17, 15) is 0 Å². The van der Waals surface area contributed by atoms with Gasteiger partial charge in [-0.05, 0) is 50.4 Å². The minimum atomic E-state index is 0.802. The molecule has 0 saturated carbocycles. The molecule has 18 heavy (non-hydrogen) atoms. The van der Waals surface area contributed by atoms with Crippen LogP contribution in [0.25, 0.3) is 0 Å². The molecule has 0 aromatic heterocycles. The number of hydrogen-bond acceptors (Lipinski definition) is 2. The Labute approximate surface area is 111 Å². The average molecular weight is 246 g/mol. The smallest absolute Gasteiger partial charge is 0.0233 e. The van der Waals surface area contributed by atoms with Crippen molar-refractivity contribution >= 4 is 0 Å². The predicted molar refractivity (Wildman–Crippen MR) is 77.5 cm³/mol. The SMILES string of the molecule is CNCC1CC(C)CCN(Cc2ccccc2)C1. The molecule has 2 atom stereocenters. The average Bonchev–Trinajstić information content (AvgIpc) is 2.53. The molecular weight excluding hydrogens is 220 g/mol. The van der Waals surface area contributed by atoms with Crippen LogP contribution in [-0.4, -0.2) is 31.6 Å². The highest BCUT2D eigenvalue weighted by molar-refractivity contribution is 5.14. The van der Waals surface area contributed by atoms with Gasteiger partial charge in [0.2, 0.25) is 0 Å². The Hall–Kier alpha value is -0.860. The zero-order valence-electron chi connectivity index (χ0n) is 11.7. The van der Waals surface area contributed by atoms with Gasteiger partial charge in [-0.25, -0.2) is 0 Å². The summed E-state index contributed by atoms with van der Waals surface area (Å²) in [6.45, 7) is 7.13. The highest BCUT2D eigenvalue weighted by atomic mass is 15.1. The van der Waals surface area contributed by atoms with Crippen LogP contribution in [0.4, 0.5) is 0 Å². The summed E-state index contributed by atoms with van der Waals surface area (Å²) in [6, 6.07) is 10.8. The second-order valence-electron chi connectivity index (χ2n) is 5.77. The fourth-order valence-corrected chi connectivity index (χ4v) is 3.04. The fourth-order valence-electron chi connectivity index (χ4n) is 3.04. The van der Waals surface area contributed by atoms with Gasteiger partial charge >= 0.3 is 0 Å². The first-order valence-corrected chi connectivity index (χ1v) is 7.19. The van der Waals surface area contributed by atoms with Crippen LogP contribution in [0, 0.1) is 11.8 Å². The number of benzene rings is 1. The minimum Gasteiger partial charge on any atom is -0.319 e. The number of likely N-dealkylation sites (tertiary alicyclic amines) is 1. The molecule has 1 aliphatic heterocycles. The number of hydrogen-bond donors (Lipinski definition) is 1. The Balaban J connectivity index is 1.94. The van der Waals surface area contributed by atoms with Gasteiger partial charge in [0.05, 0.1) is 0 Å². The van der Waals surface area contributed by atoms with E-state index in [1.807, 2.05) is 0 Å². The molecule has 2 nitrogen and oxygen atoms in total. The van der Waals surface area contributed by atoms with Crippen molar-refractivity contribution in [2.45, 2.75) is 26.3 Å². The third-order valence-electron chi connectivity index (χ3n) is 3.93. The van der Waals surface area contributed by atoms with Crippen molar-refractivity contribution in [3.05, 3.63) is 35.9 Å². The fraction of sp³-hybridized carbons (Fsp3) is 0.625. The van der Waals surface area contributed by atoms with E-state index < -0.39 is 0 Å². The van der Waals surface area contributed by atoms with Crippen molar-refractivity contribution in [1.82, 2.24) is 10.2 Å². The van der Waals surface area contributed by atoms with E-state index in [0.29, 0.717) is 0 Å². The summed E-state index contributed by atoms with van der Waals surface area (Å²) in [5.41, 5.74) is 1.44. The Morgan fingerprint density at radius 3 is 2.78 bits per heavy atom. The van der Waals surface area contributed by atoms with E-state index in [-0.39, 0.29) is 0 Å². The molecule has 0 aliphatic carbocycles. The molecule has 1 aromatic carbocycles. The van der Waals surface area contributed by atoms with Crippen LogP contribution in [-0.2, 0) is 6.54 Å². The summed E-state index contributed by atoms with van der Waals surface area (Å²) >= 11 is 0. The molecule has 1 heterocycles. The number of nitrogens with zero attached hydrogens (tertiary/aromatic N) is 1. The molecule has 100 valence electrons. The Morgan fingerprint density at radius 1 is 1.28 bits per heavy atom. The standard InChI is InChI=1S/C16H26N2/c1-14-8-9-18(13-16(10-14)11-17-2)12-15-6-4-3-5-7-15/h3-7,14,16-17H,8-13H2,1-2H3. The maximum absolute atomic E-state index is 3.34. The molecule has 2 heteroatoms. The molecule has 1 fully saturated rings. The lowest BCUT2D eigenvalue weighted by molar-refractivity contribution is 0.239. The van der Waals surface area contributed by atoms with Crippen LogP contribution in [0.15, 0.2) is 30.3 Å². The molecule has 2 unspecified atom stereocenters. The van der Waals surface area contributed by atoms with Gasteiger partial charge in [0.15, 0.2) is 0 Å². The topological polar surface area (TPSA) is 15.3 Å². The number of rotatable bonds is 4. The second kappa shape index (κ2) is 6.91. The van der Waals surface area contributed by atoms with Crippen LogP contribution in [0.1, 0.15) is 25.3 Å². The summed E-state index contributed by atoms with van der Waals surface area (Å²) in [7, 11) is 2.07. The van der Waals surface area contributed by atoms with E-state index in [4.69, 9.17) is 0 Å². The van der Waals surface area contributed by atoms with E-state index in [1.54, 1.807) is 0 Å². The molecule has 2 rings (SSSR count). The zero-order chi connectivity index (χ0) is 12.8. The Kier molecular flexibility index (Phi) is 5.21. The second-order valence-corrected chi connectivity index (χ2v) is 5.77. The van der Waals surface area contributed by atoms with Gasteiger partial charge < -0.3 is 5.32 Å². The molecule has 1 saturated heterocycles. The van der Waals surface area contributed by atoms with Crippen molar-refractivity contribution in [3.8, 4) is 0 Å². The Morgan fingerprint density at radius 2 is 2.06 bits per heavy atom. The first-order valence-electron chi connectivity index (χ1n) is 7.19. The van der Waals surface area contributed by atoms with Crippen LogP contribution in [0.2, 0.25) is 0 Å². The normalized spacial score (nSPS) is 25.9. The molecule has 0 amide bonds. The lowest BCUT2D eigenvalue weighted by Gasteiger charge is -2.24. The maximum atomic E-state index is 3.34. The van der Waals surface area contributed by atoms with Crippen molar-refractivity contribution in [2.75, 3.05) is 26.7 Å². The monoisotopic (exact) mass is 246 g/mol. The summed E-state index contributed by atoms with van der Waals surface area (Å²) in [6.07, 6.45) is 2.71. The molecule has 1 aliphatic rings. The van der Waals surface area contributed by atoms with E-state index in [2.05, 4.69) is 54.5 Å². The van der Waals surface area contributed by atoms with Crippen LogP contribution < -0.4 is 5.32 Å². The molecule has 1 N–H and O–H groups in total. The van der Waals surface area contributed by atoms with Gasteiger partial charge in [-0.15, -0.1) is 0 Å².